The van der Waals surface area contributed by atoms with Crippen LogP contribution in [0.15, 0.2) is 21.9 Å². The molecule has 0 aromatic carbocycles. The molecule has 0 spiro atoms. The number of ether oxygens (including phenoxy) is 1. The number of hydrogen-bond donors (Lipinski definition) is 0. The van der Waals surface area contributed by atoms with Gasteiger partial charge in [-0.1, -0.05) is 23.2 Å². The maximum atomic E-state index is 5.77. The van der Waals surface area contributed by atoms with E-state index in [0.717, 1.165) is 23.6 Å². The maximum Gasteiger partial charge on any atom is 0.114 e. The van der Waals surface area contributed by atoms with Crippen LogP contribution in [0.2, 0.25) is 0 Å². The van der Waals surface area contributed by atoms with Crippen LogP contribution in [0.3, 0.4) is 0 Å². The highest BCUT2D eigenvalue weighted by Crippen LogP contribution is 2.28. The Morgan fingerprint density at radius 3 is 2.60 bits per heavy atom. The molecule has 0 heterocycles. The van der Waals surface area contributed by atoms with Crippen molar-refractivity contribution in [1.29, 1.82) is 0 Å². The standard InChI is InChI=1S/C7H8Cl2O/c1-10-7-3-2-5(8)4-6(7)9/h4H,2-3H2,1H3. The van der Waals surface area contributed by atoms with Gasteiger partial charge in [-0.2, -0.15) is 0 Å². The van der Waals surface area contributed by atoms with Crippen molar-refractivity contribution < 1.29 is 4.74 Å². The van der Waals surface area contributed by atoms with Gasteiger partial charge in [-0.25, -0.2) is 0 Å². The van der Waals surface area contributed by atoms with Crippen molar-refractivity contribution in [3.8, 4) is 0 Å². The molecular formula is C7H8Cl2O. The zero-order valence-corrected chi connectivity index (χ0v) is 7.17. The third-order valence-corrected chi connectivity index (χ3v) is 2.00. The number of hydrogen-bond acceptors (Lipinski definition) is 1. The number of methoxy groups -OCH3 is 1. The smallest absolute Gasteiger partial charge is 0.114 e. The summed E-state index contributed by atoms with van der Waals surface area (Å²) in [6, 6.07) is 0. The van der Waals surface area contributed by atoms with Crippen molar-refractivity contribution in [3.63, 3.8) is 0 Å². The molecule has 0 aromatic rings. The number of rotatable bonds is 1. The molecule has 1 rings (SSSR count). The largest absolute Gasteiger partial charge is 0.500 e. The van der Waals surface area contributed by atoms with Crippen molar-refractivity contribution in [2.75, 3.05) is 7.11 Å². The van der Waals surface area contributed by atoms with Gasteiger partial charge in [0.2, 0.25) is 0 Å². The normalized spacial score (nSPS) is 18.9. The molecule has 1 aliphatic carbocycles. The molecule has 0 radical (unpaired) electrons. The molecule has 0 aliphatic heterocycles. The Bertz CT molecular complexity index is 194. The first kappa shape index (κ1) is 7.96. The fraction of sp³-hybridized carbons (Fsp3) is 0.429. The second-order valence-corrected chi connectivity index (χ2v) is 2.96. The van der Waals surface area contributed by atoms with Gasteiger partial charge in [0.1, 0.15) is 5.76 Å². The molecule has 0 amide bonds. The Morgan fingerprint density at radius 1 is 1.40 bits per heavy atom. The Balaban J connectivity index is 2.80. The highest BCUT2D eigenvalue weighted by Gasteiger charge is 2.10. The zero-order valence-electron chi connectivity index (χ0n) is 5.66. The summed E-state index contributed by atoms with van der Waals surface area (Å²) >= 11 is 11.5. The van der Waals surface area contributed by atoms with E-state index in [4.69, 9.17) is 27.9 Å². The number of allylic oxidation sites excluding steroid dienone is 4. The van der Waals surface area contributed by atoms with Gasteiger partial charge in [-0.3, -0.25) is 0 Å². The minimum absolute atomic E-state index is 0.624. The molecule has 0 aromatic heterocycles. The predicted molar refractivity (Wildman–Crippen MR) is 43.1 cm³/mol. The minimum Gasteiger partial charge on any atom is -0.500 e. The average molecular weight is 179 g/mol. The van der Waals surface area contributed by atoms with Crippen molar-refractivity contribution in [3.05, 3.63) is 21.9 Å². The molecule has 0 unspecified atom stereocenters. The minimum atomic E-state index is 0.624. The second-order valence-electron chi connectivity index (χ2n) is 2.07. The van der Waals surface area contributed by atoms with Crippen molar-refractivity contribution >= 4 is 23.2 Å². The van der Waals surface area contributed by atoms with E-state index in [9.17, 15) is 0 Å². The first-order valence-electron chi connectivity index (χ1n) is 3.02. The van der Waals surface area contributed by atoms with Crippen molar-refractivity contribution in [2.24, 2.45) is 0 Å². The van der Waals surface area contributed by atoms with Gasteiger partial charge in [-0.05, 0) is 12.5 Å². The quantitative estimate of drug-likeness (QED) is 0.601. The molecule has 0 saturated carbocycles. The van der Waals surface area contributed by atoms with Crippen LogP contribution >= 0.6 is 23.2 Å². The molecule has 10 heavy (non-hydrogen) atoms. The highest BCUT2D eigenvalue weighted by molar-refractivity contribution is 6.35. The summed E-state index contributed by atoms with van der Waals surface area (Å²) < 4.78 is 5.00. The van der Waals surface area contributed by atoms with Crippen LogP contribution in [0.4, 0.5) is 0 Å². The van der Waals surface area contributed by atoms with Gasteiger partial charge in [0.15, 0.2) is 0 Å². The number of halogens is 2. The van der Waals surface area contributed by atoms with E-state index in [1.165, 1.54) is 0 Å². The lowest BCUT2D eigenvalue weighted by Crippen LogP contribution is -1.94. The third kappa shape index (κ3) is 1.68. The Kier molecular flexibility index (Phi) is 2.64. The summed E-state index contributed by atoms with van der Waals surface area (Å²) in [6.45, 7) is 0. The first-order chi connectivity index (χ1) is 4.74. The lowest BCUT2D eigenvalue weighted by atomic mass is 10.1. The molecule has 1 nitrogen and oxygen atoms in total. The molecule has 0 fully saturated rings. The molecule has 56 valence electrons. The van der Waals surface area contributed by atoms with E-state index >= 15 is 0 Å². The lowest BCUT2D eigenvalue weighted by Gasteiger charge is -2.11. The van der Waals surface area contributed by atoms with Gasteiger partial charge in [0.25, 0.3) is 0 Å². The topological polar surface area (TPSA) is 9.23 Å². The lowest BCUT2D eigenvalue weighted by molar-refractivity contribution is 0.275. The van der Waals surface area contributed by atoms with Crippen LogP contribution in [0, 0.1) is 0 Å². The van der Waals surface area contributed by atoms with E-state index in [1.54, 1.807) is 13.2 Å². The molecule has 0 N–H and O–H groups in total. The summed E-state index contributed by atoms with van der Waals surface area (Å²) in [6.07, 6.45) is 3.37. The van der Waals surface area contributed by atoms with Crippen LogP contribution in [0.5, 0.6) is 0 Å². The second kappa shape index (κ2) is 3.31. The maximum absolute atomic E-state index is 5.77. The van der Waals surface area contributed by atoms with Crippen LogP contribution in [0.25, 0.3) is 0 Å². The van der Waals surface area contributed by atoms with Crippen LogP contribution < -0.4 is 0 Å². The average Bonchev–Trinajstić information content (AvgIpc) is 1.88. The van der Waals surface area contributed by atoms with E-state index in [2.05, 4.69) is 0 Å². The van der Waals surface area contributed by atoms with Gasteiger partial charge < -0.3 is 4.74 Å². The molecule has 0 saturated heterocycles. The summed E-state index contributed by atoms with van der Waals surface area (Å²) in [5.41, 5.74) is 0. The van der Waals surface area contributed by atoms with E-state index < -0.39 is 0 Å². The molecular weight excluding hydrogens is 171 g/mol. The zero-order chi connectivity index (χ0) is 7.56. The van der Waals surface area contributed by atoms with Crippen molar-refractivity contribution in [1.82, 2.24) is 0 Å². The van der Waals surface area contributed by atoms with E-state index in [0.29, 0.717) is 5.03 Å². The van der Waals surface area contributed by atoms with Crippen molar-refractivity contribution in [2.45, 2.75) is 12.8 Å². The molecule has 0 bridgehead atoms. The summed E-state index contributed by atoms with van der Waals surface area (Å²) in [4.78, 5) is 0. The van der Waals surface area contributed by atoms with Crippen LogP contribution in [0.1, 0.15) is 12.8 Å². The summed E-state index contributed by atoms with van der Waals surface area (Å²) in [5.74, 6) is 0.825. The molecule has 0 atom stereocenters. The summed E-state index contributed by atoms with van der Waals surface area (Å²) in [7, 11) is 1.62. The fourth-order valence-corrected chi connectivity index (χ4v) is 1.40. The third-order valence-electron chi connectivity index (χ3n) is 1.39. The van der Waals surface area contributed by atoms with Gasteiger partial charge in [0, 0.05) is 11.5 Å². The fourth-order valence-electron chi connectivity index (χ4n) is 0.842. The van der Waals surface area contributed by atoms with Gasteiger partial charge in [0.05, 0.1) is 12.1 Å². The van der Waals surface area contributed by atoms with Crippen LogP contribution in [-0.2, 0) is 4.74 Å². The molecule has 1 aliphatic rings. The Labute approximate surface area is 70.3 Å². The van der Waals surface area contributed by atoms with Gasteiger partial charge >= 0.3 is 0 Å². The van der Waals surface area contributed by atoms with Crippen LogP contribution in [-0.4, -0.2) is 7.11 Å². The summed E-state index contributed by atoms with van der Waals surface area (Å²) in [5, 5.41) is 1.42. The Morgan fingerprint density at radius 2 is 2.10 bits per heavy atom. The SMILES string of the molecule is COC1=C(Cl)C=C(Cl)CC1. The highest BCUT2D eigenvalue weighted by atomic mass is 35.5. The van der Waals surface area contributed by atoms with E-state index in [1.807, 2.05) is 0 Å². The predicted octanol–water partition coefficient (Wildman–Crippen LogP) is 3.00. The van der Waals surface area contributed by atoms with E-state index in [-0.39, 0.29) is 0 Å². The monoisotopic (exact) mass is 178 g/mol. The first-order valence-corrected chi connectivity index (χ1v) is 3.78. The Hall–Kier alpha value is -0.140. The van der Waals surface area contributed by atoms with Gasteiger partial charge in [-0.15, -0.1) is 0 Å². The molecule has 3 heteroatoms.